The van der Waals surface area contributed by atoms with Gasteiger partial charge in [0.1, 0.15) is 0 Å². The average molecular weight is 584 g/mol. The first-order valence-corrected chi connectivity index (χ1v) is 13.5. The number of anilines is 2. The van der Waals surface area contributed by atoms with Crippen LogP contribution < -0.4 is 16.0 Å². The molecule has 0 spiro atoms. The molecule has 3 N–H and O–H groups in total. The van der Waals surface area contributed by atoms with Crippen LogP contribution in [0.4, 0.5) is 11.4 Å². The number of para-hydroxylation sites is 1. The number of carbonyl (C=O) groups is 2. The van der Waals surface area contributed by atoms with E-state index >= 15 is 0 Å². The van der Waals surface area contributed by atoms with Crippen molar-refractivity contribution in [3.05, 3.63) is 115 Å². The highest BCUT2D eigenvalue weighted by Crippen LogP contribution is 2.43. The molecule has 1 aliphatic heterocycles. The lowest BCUT2D eigenvalue weighted by molar-refractivity contribution is -0.114. The SMILES string of the molecule is CC1=C(C(=O)Nc2ccccc2)C(c2ccccc2Cl)C(C#N)=C(SCC(=O)Nc2cccc(Cl)c2Cl)N1. The molecule has 1 heterocycles. The second-order valence-corrected chi connectivity index (χ2v) is 10.4. The Balaban J connectivity index is 1.64. The van der Waals surface area contributed by atoms with Crippen LogP contribution in [0, 0.1) is 11.3 Å². The number of nitrogens with zero attached hydrogens (tertiary/aromatic N) is 1. The number of thioether (sulfide) groups is 1. The van der Waals surface area contributed by atoms with Gasteiger partial charge in [-0.3, -0.25) is 9.59 Å². The van der Waals surface area contributed by atoms with E-state index in [1.807, 2.05) is 18.2 Å². The topological polar surface area (TPSA) is 94.0 Å². The number of rotatable bonds is 7. The molecule has 1 aliphatic rings. The summed E-state index contributed by atoms with van der Waals surface area (Å²) in [4.78, 5) is 26.2. The molecule has 0 saturated heterocycles. The highest BCUT2D eigenvalue weighted by atomic mass is 35.5. The first-order chi connectivity index (χ1) is 18.3. The molecule has 0 aromatic heterocycles. The number of halogens is 3. The summed E-state index contributed by atoms with van der Waals surface area (Å²) in [6.07, 6.45) is 0. The van der Waals surface area contributed by atoms with Crippen molar-refractivity contribution in [3.63, 3.8) is 0 Å². The fourth-order valence-corrected chi connectivity index (χ4v) is 5.48. The van der Waals surface area contributed by atoms with Crippen LogP contribution in [0.25, 0.3) is 0 Å². The Labute approximate surface area is 239 Å². The summed E-state index contributed by atoms with van der Waals surface area (Å²) in [5, 5.41) is 20.5. The molecule has 0 saturated carbocycles. The van der Waals surface area contributed by atoms with Crippen LogP contribution in [0.5, 0.6) is 0 Å². The number of carbonyl (C=O) groups excluding carboxylic acids is 2. The lowest BCUT2D eigenvalue weighted by atomic mass is 9.82. The van der Waals surface area contributed by atoms with Crippen molar-refractivity contribution >= 4 is 69.8 Å². The van der Waals surface area contributed by atoms with Crippen LogP contribution in [-0.2, 0) is 9.59 Å². The summed E-state index contributed by atoms with van der Waals surface area (Å²) in [6.45, 7) is 1.75. The van der Waals surface area contributed by atoms with E-state index in [0.717, 1.165) is 11.8 Å². The van der Waals surface area contributed by atoms with Crippen molar-refractivity contribution in [3.8, 4) is 6.07 Å². The lowest BCUT2D eigenvalue weighted by Gasteiger charge is -2.30. The van der Waals surface area contributed by atoms with Gasteiger partial charge in [-0.1, -0.05) is 89.0 Å². The molecule has 3 aromatic carbocycles. The van der Waals surface area contributed by atoms with E-state index < -0.39 is 5.92 Å². The molecule has 0 fully saturated rings. The van der Waals surface area contributed by atoms with E-state index in [0.29, 0.717) is 43.3 Å². The smallest absolute Gasteiger partial charge is 0.254 e. The van der Waals surface area contributed by atoms with Crippen LogP contribution in [0.2, 0.25) is 15.1 Å². The number of amides is 2. The quantitative estimate of drug-likeness (QED) is 0.270. The van der Waals surface area contributed by atoms with E-state index in [9.17, 15) is 14.9 Å². The van der Waals surface area contributed by atoms with Crippen molar-refractivity contribution in [2.24, 2.45) is 0 Å². The maximum Gasteiger partial charge on any atom is 0.254 e. The van der Waals surface area contributed by atoms with Crippen molar-refractivity contribution in [2.45, 2.75) is 12.8 Å². The molecular weight excluding hydrogens is 563 g/mol. The highest BCUT2D eigenvalue weighted by molar-refractivity contribution is 8.03. The summed E-state index contributed by atoms with van der Waals surface area (Å²) in [6, 6.07) is 23.3. The summed E-state index contributed by atoms with van der Waals surface area (Å²) in [7, 11) is 0. The van der Waals surface area contributed by atoms with Crippen LogP contribution in [0.1, 0.15) is 18.4 Å². The first kappa shape index (κ1) is 27.6. The molecule has 4 rings (SSSR count). The molecular formula is C28H21Cl3N4O2S. The second-order valence-electron chi connectivity index (χ2n) is 8.23. The van der Waals surface area contributed by atoms with Gasteiger partial charge in [-0.05, 0) is 42.8 Å². The van der Waals surface area contributed by atoms with Crippen LogP contribution in [0.3, 0.4) is 0 Å². The van der Waals surface area contributed by atoms with Gasteiger partial charge in [-0.25, -0.2) is 0 Å². The highest BCUT2D eigenvalue weighted by Gasteiger charge is 2.36. The number of hydrogen-bond acceptors (Lipinski definition) is 5. The standard InChI is InChI=1S/C28H21Cl3N4O2S/c1-16-24(27(37)34-17-8-3-2-4-9-17)25(18-10-5-6-11-20(18)29)19(14-32)28(33-16)38-15-23(36)35-22-13-7-12-21(30)26(22)31/h2-13,25,33H,15H2,1H3,(H,34,37)(H,35,36). The normalized spacial score (nSPS) is 15.0. The zero-order valence-corrected chi connectivity index (χ0v) is 23.1. The van der Waals surface area contributed by atoms with E-state index in [2.05, 4.69) is 22.0 Å². The molecule has 1 unspecified atom stereocenters. The van der Waals surface area contributed by atoms with Gasteiger partial charge < -0.3 is 16.0 Å². The summed E-state index contributed by atoms with van der Waals surface area (Å²) in [5.41, 5.74) is 2.80. The van der Waals surface area contributed by atoms with Gasteiger partial charge in [0.05, 0.1) is 44.1 Å². The van der Waals surface area contributed by atoms with Crippen molar-refractivity contribution in [1.82, 2.24) is 5.32 Å². The Morgan fingerprint density at radius 3 is 2.34 bits per heavy atom. The number of benzene rings is 3. The largest absolute Gasteiger partial charge is 0.353 e. The third kappa shape index (κ3) is 6.17. The lowest BCUT2D eigenvalue weighted by Crippen LogP contribution is -2.31. The molecule has 6 nitrogen and oxygen atoms in total. The third-order valence-electron chi connectivity index (χ3n) is 5.71. The van der Waals surface area contributed by atoms with E-state index in [1.54, 1.807) is 61.5 Å². The van der Waals surface area contributed by atoms with Gasteiger partial charge >= 0.3 is 0 Å². The van der Waals surface area contributed by atoms with Crippen molar-refractivity contribution < 1.29 is 9.59 Å². The Bertz CT molecular complexity index is 1500. The molecule has 0 aliphatic carbocycles. The third-order valence-corrected chi connectivity index (χ3v) is 7.89. The monoisotopic (exact) mass is 582 g/mol. The van der Waals surface area contributed by atoms with Crippen molar-refractivity contribution in [2.75, 3.05) is 16.4 Å². The molecule has 0 radical (unpaired) electrons. The minimum Gasteiger partial charge on any atom is -0.353 e. The molecule has 192 valence electrons. The zero-order valence-electron chi connectivity index (χ0n) is 20.0. The Kier molecular flexibility index (Phi) is 9.03. The fraction of sp³-hybridized carbons (Fsp3) is 0.107. The van der Waals surface area contributed by atoms with Gasteiger partial charge in [0.15, 0.2) is 0 Å². The second kappa shape index (κ2) is 12.4. The molecule has 3 aromatic rings. The van der Waals surface area contributed by atoms with E-state index in [1.165, 1.54) is 0 Å². The predicted molar refractivity (Wildman–Crippen MR) is 155 cm³/mol. The van der Waals surface area contributed by atoms with Crippen molar-refractivity contribution in [1.29, 1.82) is 5.26 Å². The maximum atomic E-state index is 13.5. The van der Waals surface area contributed by atoms with Gasteiger partial charge in [0.25, 0.3) is 5.91 Å². The number of hydrogen-bond donors (Lipinski definition) is 3. The summed E-state index contributed by atoms with van der Waals surface area (Å²) < 4.78 is 0. The van der Waals surface area contributed by atoms with Gasteiger partial charge in [0, 0.05) is 22.0 Å². The number of nitrogens with one attached hydrogen (secondary N) is 3. The summed E-state index contributed by atoms with van der Waals surface area (Å²) in [5.74, 6) is -1.47. The number of nitriles is 1. The Morgan fingerprint density at radius 1 is 0.947 bits per heavy atom. The molecule has 38 heavy (non-hydrogen) atoms. The molecule has 2 amide bonds. The van der Waals surface area contributed by atoms with Crippen LogP contribution >= 0.6 is 46.6 Å². The predicted octanol–water partition coefficient (Wildman–Crippen LogP) is 7.35. The van der Waals surface area contributed by atoms with E-state index in [4.69, 9.17) is 34.8 Å². The van der Waals surface area contributed by atoms with Gasteiger partial charge in [0.2, 0.25) is 5.91 Å². The Hall–Kier alpha value is -3.41. The van der Waals surface area contributed by atoms with Crippen LogP contribution in [0.15, 0.2) is 94.7 Å². The van der Waals surface area contributed by atoms with Crippen LogP contribution in [-0.4, -0.2) is 17.6 Å². The maximum absolute atomic E-state index is 13.5. The summed E-state index contributed by atoms with van der Waals surface area (Å²) >= 11 is 19.9. The van der Waals surface area contributed by atoms with Gasteiger partial charge in [-0.15, -0.1) is 0 Å². The molecule has 10 heteroatoms. The molecule has 1 atom stereocenters. The average Bonchev–Trinajstić information content (AvgIpc) is 2.90. The molecule has 0 bridgehead atoms. The Morgan fingerprint density at radius 2 is 1.63 bits per heavy atom. The first-order valence-electron chi connectivity index (χ1n) is 11.4. The number of allylic oxidation sites excluding steroid dienone is 2. The fourth-order valence-electron chi connectivity index (χ4n) is 3.99. The van der Waals surface area contributed by atoms with Gasteiger partial charge in [-0.2, -0.15) is 5.26 Å². The zero-order chi connectivity index (χ0) is 27.2. The minimum absolute atomic E-state index is 0.0234. The minimum atomic E-state index is -0.744. The number of dihydropyridines is 1. The van der Waals surface area contributed by atoms with E-state index in [-0.39, 0.29) is 28.2 Å².